The van der Waals surface area contributed by atoms with Crippen LogP contribution in [-0.4, -0.2) is 23.1 Å². The van der Waals surface area contributed by atoms with Gasteiger partial charge in [-0.25, -0.2) is 0 Å². The van der Waals surface area contributed by atoms with Gasteiger partial charge in [0.25, 0.3) is 5.91 Å². The van der Waals surface area contributed by atoms with Crippen molar-refractivity contribution in [3.8, 4) is 12.1 Å². The van der Waals surface area contributed by atoms with Crippen molar-refractivity contribution in [2.45, 2.75) is 11.8 Å². The number of allylic oxidation sites excluding steroid dienone is 1. The fourth-order valence-electron chi connectivity index (χ4n) is 1.83. The van der Waals surface area contributed by atoms with E-state index in [9.17, 15) is 4.79 Å². The summed E-state index contributed by atoms with van der Waals surface area (Å²) in [7, 11) is 0. The summed E-state index contributed by atoms with van der Waals surface area (Å²) < 4.78 is 5.12. The quantitative estimate of drug-likeness (QED) is 0.484. The number of anilines is 1. The Balaban J connectivity index is 2.18. The zero-order chi connectivity index (χ0) is 16.2. The van der Waals surface area contributed by atoms with Crippen LogP contribution in [-0.2, 0) is 9.53 Å². The maximum Gasteiger partial charge on any atom is 0.278 e. The molecule has 22 heavy (non-hydrogen) atoms. The summed E-state index contributed by atoms with van der Waals surface area (Å²) in [4.78, 5) is 11.0. The van der Waals surface area contributed by atoms with Crippen LogP contribution in [0.5, 0.6) is 0 Å². The van der Waals surface area contributed by atoms with Gasteiger partial charge in [0.05, 0.1) is 11.4 Å². The molecule has 1 unspecified atom stereocenters. The Morgan fingerprint density at radius 2 is 2.05 bits per heavy atom. The van der Waals surface area contributed by atoms with Crippen molar-refractivity contribution in [3.63, 3.8) is 0 Å². The number of halogens is 1. The molecule has 0 bridgehead atoms. The van der Waals surface area contributed by atoms with Crippen LogP contribution >= 0.6 is 11.6 Å². The molecule has 6 nitrogen and oxygen atoms in total. The van der Waals surface area contributed by atoms with Crippen LogP contribution < -0.4 is 5.01 Å². The van der Waals surface area contributed by atoms with E-state index in [1.54, 1.807) is 43.3 Å². The SMILES string of the molecule is CC1=NN(c2ccccc2)C(=O)C1(Cl)COC=C(C#N)C#N. The molecule has 0 saturated heterocycles. The second kappa shape index (κ2) is 6.30. The van der Waals surface area contributed by atoms with Crippen molar-refractivity contribution in [3.05, 3.63) is 42.2 Å². The highest BCUT2D eigenvalue weighted by molar-refractivity contribution is 6.50. The van der Waals surface area contributed by atoms with E-state index in [0.717, 1.165) is 6.26 Å². The number of nitrogens with zero attached hydrogens (tertiary/aromatic N) is 4. The monoisotopic (exact) mass is 314 g/mol. The Hall–Kier alpha value is -2.83. The standard InChI is InChI=1S/C15H11ClN4O2/c1-11-15(16,10-22-9-12(7-17)8-18)14(21)20(19-11)13-5-3-2-4-6-13/h2-6,9H,10H2,1H3. The highest BCUT2D eigenvalue weighted by Gasteiger charge is 2.49. The normalized spacial score (nSPS) is 19.9. The molecule has 1 heterocycles. The second-order valence-electron chi connectivity index (χ2n) is 4.51. The van der Waals surface area contributed by atoms with Gasteiger partial charge >= 0.3 is 0 Å². The van der Waals surface area contributed by atoms with Crippen LogP contribution in [0.25, 0.3) is 0 Å². The third-order valence-corrected chi connectivity index (χ3v) is 3.62. The molecule has 0 spiro atoms. The number of ether oxygens (including phenoxy) is 1. The van der Waals surface area contributed by atoms with Crippen LogP contribution in [0.2, 0.25) is 0 Å². The number of hydrogen-bond acceptors (Lipinski definition) is 5. The van der Waals surface area contributed by atoms with Crippen molar-refractivity contribution in [1.29, 1.82) is 10.5 Å². The zero-order valence-electron chi connectivity index (χ0n) is 11.7. The number of carbonyl (C=O) groups is 1. The van der Waals surface area contributed by atoms with Gasteiger partial charge in [0.1, 0.15) is 25.0 Å². The minimum atomic E-state index is -1.46. The van der Waals surface area contributed by atoms with Gasteiger partial charge in [-0.2, -0.15) is 20.6 Å². The predicted molar refractivity (Wildman–Crippen MR) is 80.9 cm³/mol. The Kier molecular flexibility index (Phi) is 4.45. The minimum absolute atomic E-state index is 0.208. The van der Waals surface area contributed by atoms with Crippen LogP contribution in [0.4, 0.5) is 5.69 Å². The summed E-state index contributed by atoms with van der Waals surface area (Å²) in [6.45, 7) is 1.40. The highest BCUT2D eigenvalue weighted by Crippen LogP contribution is 2.31. The van der Waals surface area contributed by atoms with Crippen LogP contribution in [0.3, 0.4) is 0 Å². The largest absolute Gasteiger partial charge is 0.496 e. The average Bonchev–Trinajstić information content (AvgIpc) is 2.77. The number of para-hydroxylation sites is 1. The number of nitriles is 2. The Morgan fingerprint density at radius 3 is 2.64 bits per heavy atom. The third kappa shape index (κ3) is 2.78. The summed E-state index contributed by atoms with van der Waals surface area (Å²) >= 11 is 6.34. The van der Waals surface area contributed by atoms with E-state index in [4.69, 9.17) is 26.9 Å². The van der Waals surface area contributed by atoms with E-state index in [-0.39, 0.29) is 12.2 Å². The first-order chi connectivity index (χ1) is 10.5. The number of hydrazone groups is 1. The summed E-state index contributed by atoms with van der Waals surface area (Å²) in [5, 5.41) is 22.6. The number of alkyl halides is 1. The van der Waals surface area contributed by atoms with Gasteiger partial charge in [-0.15, -0.1) is 0 Å². The first-order valence-corrected chi connectivity index (χ1v) is 6.67. The zero-order valence-corrected chi connectivity index (χ0v) is 12.4. The lowest BCUT2D eigenvalue weighted by atomic mass is 10.0. The predicted octanol–water partition coefficient (Wildman–Crippen LogP) is 2.33. The lowest BCUT2D eigenvalue weighted by molar-refractivity contribution is -0.119. The molecule has 0 N–H and O–H groups in total. The van der Waals surface area contributed by atoms with Crippen LogP contribution in [0.15, 0.2) is 47.3 Å². The Bertz CT molecular complexity index is 714. The van der Waals surface area contributed by atoms with Gasteiger partial charge in [-0.3, -0.25) is 4.79 Å². The lowest BCUT2D eigenvalue weighted by Crippen LogP contribution is -2.44. The molecule has 1 atom stereocenters. The molecular formula is C15H11ClN4O2. The summed E-state index contributed by atoms with van der Waals surface area (Å²) in [5.41, 5.74) is 0.770. The van der Waals surface area contributed by atoms with E-state index >= 15 is 0 Å². The smallest absolute Gasteiger partial charge is 0.278 e. The molecule has 110 valence electrons. The summed E-state index contributed by atoms with van der Waals surface area (Å²) in [5.74, 6) is -0.443. The number of rotatable bonds is 4. The van der Waals surface area contributed by atoms with Gasteiger partial charge < -0.3 is 4.74 Å². The van der Waals surface area contributed by atoms with Gasteiger partial charge in [0.15, 0.2) is 10.4 Å². The van der Waals surface area contributed by atoms with E-state index < -0.39 is 10.8 Å². The first-order valence-electron chi connectivity index (χ1n) is 6.29. The first kappa shape index (κ1) is 15.6. The third-order valence-electron chi connectivity index (χ3n) is 3.08. The molecule has 1 aromatic rings. The number of carbonyl (C=O) groups excluding carboxylic acids is 1. The molecule has 7 heteroatoms. The second-order valence-corrected chi connectivity index (χ2v) is 5.15. The van der Waals surface area contributed by atoms with E-state index in [1.807, 2.05) is 6.07 Å². The maximum atomic E-state index is 12.5. The van der Waals surface area contributed by atoms with Crippen molar-refractivity contribution in [2.75, 3.05) is 11.6 Å². The van der Waals surface area contributed by atoms with Crippen molar-refractivity contribution in [2.24, 2.45) is 5.10 Å². The average molecular weight is 315 g/mol. The fraction of sp³-hybridized carbons (Fsp3) is 0.200. The minimum Gasteiger partial charge on any atom is -0.496 e. The molecule has 0 aromatic heterocycles. The Morgan fingerprint density at radius 1 is 1.41 bits per heavy atom. The van der Waals surface area contributed by atoms with Gasteiger partial charge in [0.2, 0.25) is 0 Å². The molecule has 0 fully saturated rings. The Labute approximate surface area is 132 Å². The van der Waals surface area contributed by atoms with E-state index in [1.165, 1.54) is 5.01 Å². The van der Waals surface area contributed by atoms with Gasteiger partial charge in [-0.1, -0.05) is 29.8 Å². The number of hydrogen-bond donors (Lipinski definition) is 0. The molecule has 2 rings (SSSR count). The van der Waals surface area contributed by atoms with Crippen LogP contribution in [0.1, 0.15) is 6.92 Å². The highest BCUT2D eigenvalue weighted by atomic mass is 35.5. The molecule has 0 saturated carbocycles. The van der Waals surface area contributed by atoms with Crippen molar-refractivity contribution in [1.82, 2.24) is 0 Å². The summed E-state index contributed by atoms with van der Waals surface area (Å²) in [6, 6.07) is 12.2. The molecule has 1 aromatic carbocycles. The molecule has 1 amide bonds. The maximum absolute atomic E-state index is 12.5. The molecule has 0 radical (unpaired) electrons. The topological polar surface area (TPSA) is 89.5 Å². The fourth-order valence-corrected chi connectivity index (χ4v) is 2.01. The molecule has 1 aliphatic heterocycles. The molecule has 1 aliphatic rings. The lowest BCUT2D eigenvalue weighted by Gasteiger charge is -2.20. The number of amides is 1. The van der Waals surface area contributed by atoms with E-state index in [2.05, 4.69) is 5.10 Å². The van der Waals surface area contributed by atoms with Gasteiger partial charge in [0, 0.05) is 0 Å². The van der Waals surface area contributed by atoms with Gasteiger partial charge in [-0.05, 0) is 19.1 Å². The van der Waals surface area contributed by atoms with E-state index in [0.29, 0.717) is 11.4 Å². The van der Waals surface area contributed by atoms with Crippen molar-refractivity contribution < 1.29 is 9.53 Å². The summed E-state index contributed by atoms with van der Waals surface area (Å²) in [6.07, 6.45) is 0.982. The van der Waals surface area contributed by atoms with Crippen molar-refractivity contribution >= 4 is 28.9 Å². The molecule has 0 aliphatic carbocycles. The number of benzene rings is 1. The molecular weight excluding hydrogens is 304 g/mol. The van der Waals surface area contributed by atoms with Crippen LogP contribution in [0, 0.1) is 22.7 Å².